The van der Waals surface area contributed by atoms with Gasteiger partial charge in [-0.25, -0.2) is 4.79 Å². The Morgan fingerprint density at radius 1 is 0.621 bits per heavy atom. The number of benzene rings is 3. The summed E-state index contributed by atoms with van der Waals surface area (Å²) in [5.41, 5.74) is 13.9. The predicted molar refractivity (Wildman–Crippen MR) is 255 cm³/mol. The Balaban J connectivity index is 1.22. The molecule has 15 heteroatoms. The standard InChI is InChI=1S/C51H72N8O7/c1-35(2)29-41(56-46(62)42(31-37-19-11-7-12-20-37)55-44(60)39(53)30-36-17-9-6-10-18-36)45(61)54-40(23-15-16-26-52)47(63)58-27-24-51(25-28-58)33-59(34-51)48(64)43(32-38-21-13-8-14-22-38)57-49(65)66-50(3,4)5/h6-14,17-22,35,39-43H,15-16,23-34,52-53H2,1-5H3,(H,54,61)(H,55,60)(H,56,62)(H,57,65)/t39-,40-,41-,42-,43-/m1/s1. The molecule has 6 amide bonds. The highest BCUT2D eigenvalue weighted by molar-refractivity contribution is 5.95. The molecule has 5 rings (SSSR count). The number of hydrogen-bond acceptors (Lipinski definition) is 9. The first-order chi connectivity index (χ1) is 31.4. The molecule has 0 aromatic heterocycles. The fraction of sp³-hybridized carbons (Fsp3) is 0.529. The number of likely N-dealkylation sites (tertiary alicyclic amines) is 2. The minimum atomic E-state index is -1.03. The molecule has 2 heterocycles. The van der Waals surface area contributed by atoms with Crippen LogP contribution in [0.4, 0.5) is 4.79 Å². The van der Waals surface area contributed by atoms with E-state index in [0.717, 1.165) is 16.7 Å². The van der Waals surface area contributed by atoms with Crippen LogP contribution in [0.3, 0.4) is 0 Å². The molecule has 2 saturated heterocycles. The summed E-state index contributed by atoms with van der Waals surface area (Å²) in [6.07, 6.45) is 3.40. The highest BCUT2D eigenvalue weighted by Crippen LogP contribution is 2.41. The van der Waals surface area contributed by atoms with Gasteiger partial charge >= 0.3 is 6.09 Å². The molecule has 2 aliphatic rings. The fourth-order valence-electron chi connectivity index (χ4n) is 8.67. The summed E-state index contributed by atoms with van der Waals surface area (Å²) in [7, 11) is 0. The van der Waals surface area contributed by atoms with Crippen molar-refractivity contribution >= 4 is 35.6 Å². The number of hydrogen-bond donors (Lipinski definition) is 6. The summed E-state index contributed by atoms with van der Waals surface area (Å²) in [5.74, 6) is -1.89. The van der Waals surface area contributed by atoms with Gasteiger partial charge in [-0.15, -0.1) is 0 Å². The average molecular weight is 909 g/mol. The van der Waals surface area contributed by atoms with E-state index in [4.69, 9.17) is 16.2 Å². The van der Waals surface area contributed by atoms with E-state index in [-0.39, 0.29) is 36.0 Å². The van der Waals surface area contributed by atoms with Gasteiger partial charge in [0.15, 0.2) is 0 Å². The lowest BCUT2D eigenvalue weighted by Gasteiger charge is -2.54. The normalized spacial score (nSPS) is 16.8. The maximum Gasteiger partial charge on any atom is 0.408 e. The van der Waals surface area contributed by atoms with Gasteiger partial charge in [-0.05, 0) is 94.9 Å². The van der Waals surface area contributed by atoms with Crippen LogP contribution in [0.15, 0.2) is 91.0 Å². The van der Waals surface area contributed by atoms with Gasteiger partial charge in [0.25, 0.3) is 0 Å². The molecule has 0 saturated carbocycles. The zero-order valence-corrected chi connectivity index (χ0v) is 39.4. The lowest BCUT2D eigenvalue weighted by atomic mass is 9.71. The lowest BCUT2D eigenvalue weighted by molar-refractivity contribution is -0.152. The number of nitrogens with one attached hydrogen (secondary N) is 4. The Morgan fingerprint density at radius 2 is 1.09 bits per heavy atom. The third kappa shape index (κ3) is 15.7. The van der Waals surface area contributed by atoms with E-state index >= 15 is 0 Å². The van der Waals surface area contributed by atoms with Crippen LogP contribution in [0.25, 0.3) is 0 Å². The Morgan fingerprint density at radius 3 is 1.61 bits per heavy atom. The second-order valence-corrected chi connectivity index (χ2v) is 19.5. The van der Waals surface area contributed by atoms with Gasteiger partial charge < -0.3 is 47.3 Å². The van der Waals surface area contributed by atoms with E-state index in [1.807, 2.05) is 105 Å². The van der Waals surface area contributed by atoms with Gasteiger partial charge in [0.2, 0.25) is 29.5 Å². The monoisotopic (exact) mass is 909 g/mol. The van der Waals surface area contributed by atoms with Crippen LogP contribution in [0.5, 0.6) is 0 Å². The molecule has 358 valence electrons. The number of nitrogens with zero attached hydrogens (tertiary/aromatic N) is 2. The minimum absolute atomic E-state index is 0.00261. The van der Waals surface area contributed by atoms with Crippen molar-refractivity contribution in [1.82, 2.24) is 31.1 Å². The number of carbonyl (C=O) groups excluding carboxylic acids is 6. The van der Waals surface area contributed by atoms with Gasteiger partial charge in [-0.1, -0.05) is 105 Å². The number of amides is 6. The van der Waals surface area contributed by atoms with E-state index in [1.165, 1.54) is 0 Å². The molecule has 8 N–H and O–H groups in total. The molecule has 66 heavy (non-hydrogen) atoms. The molecular formula is C51H72N8O7. The van der Waals surface area contributed by atoms with Crippen LogP contribution in [-0.2, 0) is 48.0 Å². The van der Waals surface area contributed by atoms with Crippen LogP contribution in [0.1, 0.15) is 89.8 Å². The fourth-order valence-corrected chi connectivity index (χ4v) is 8.67. The largest absolute Gasteiger partial charge is 0.444 e. The van der Waals surface area contributed by atoms with E-state index in [2.05, 4.69) is 21.3 Å². The van der Waals surface area contributed by atoms with Crippen LogP contribution < -0.4 is 32.7 Å². The highest BCUT2D eigenvalue weighted by atomic mass is 16.6. The minimum Gasteiger partial charge on any atom is -0.444 e. The SMILES string of the molecule is CC(C)C[C@@H](NC(=O)[C@@H](Cc1ccccc1)NC(=O)[C@H](N)Cc1ccccc1)C(=O)N[C@H](CCCCN)C(=O)N1CCC2(CC1)CN(C(=O)[C@@H](Cc1ccccc1)NC(=O)OC(C)(C)C)C2. The quantitative estimate of drug-likeness (QED) is 0.0850. The zero-order chi connectivity index (χ0) is 47.9. The molecule has 3 aromatic carbocycles. The number of ether oxygens (including phenoxy) is 1. The third-order valence-electron chi connectivity index (χ3n) is 12.2. The highest BCUT2D eigenvalue weighted by Gasteiger charge is 2.49. The van der Waals surface area contributed by atoms with Crippen molar-refractivity contribution in [2.45, 2.75) is 128 Å². The number of piperidine rings is 1. The van der Waals surface area contributed by atoms with Crippen molar-refractivity contribution in [3.05, 3.63) is 108 Å². The third-order valence-corrected chi connectivity index (χ3v) is 12.2. The summed E-state index contributed by atoms with van der Waals surface area (Å²) in [5, 5.41) is 11.6. The van der Waals surface area contributed by atoms with Gasteiger partial charge in [-0.3, -0.25) is 24.0 Å². The first-order valence-electron chi connectivity index (χ1n) is 23.5. The maximum absolute atomic E-state index is 14.3. The Hall–Kier alpha value is -5.80. The van der Waals surface area contributed by atoms with Crippen molar-refractivity contribution in [2.75, 3.05) is 32.7 Å². The Bertz CT molecular complexity index is 2050. The summed E-state index contributed by atoms with van der Waals surface area (Å²) >= 11 is 0. The van der Waals surface area contributed by atoms with Crippen molar-refractivity contribution in [2.24, 2.45) is 22.8 Å². The molecule has 0 aliphatic carbocycles. The summed E-state index contributed by atoms with van der Waals surface area (Å²) in [6, 6.07) is 23.6. The average Bonchev–Trinajstić information content (AvgIpc) is 3.27. The molecule has 0 unspecified atom stereocenters. The number of rotatable bonds is 21. The summed E-state index contributed by atoms with van der Waals surface area (Å²) in [6.45, 7) is 11.6. The Labute approximate surface area is 390 Å². The van der Waals surface area contributed by atoms with E-state index in [0.29, 0.717) is 77.7 Å². The van der Waals surface area contributed by atoms with Crippen molar-refractivity contribution < 1.29 is 33.5 Å². The first-order valence-corrected chi connectivity index (χ1v) is 23.5. The van der Waals surface area contributed by atoms with Crippen molar-refractivity contribution in [3.63, 3.8) is 0 Å². The van der Waals surface area contributed by atoms with Crippen molar-refractivity contribution in [1.29, 1.82) is 0 Å². The number of unbranched alkanes of at least 4 members (excludes halogenated alkanes) is 1. The van der Waals surface area contributed by atoms with Crippen LogP contribution >= 0.6 is 0 Å². The number of nitrogens with two attached hydrogens (primary N) is 2. The van der Waals surface area contributed by atoms with E-state index in [9.17, 15) is 28.8 Å². The van der Waals surface area contributed by atoms with Crippen molar-refractivity contribution in [3.8, 4) is 0 Å². The van der Waals surface area contributed by atoms with Crippen LogP contribution in [0.2, 0.25) is 0 Å². The predicted octanol–water partition coefficient (Wildman–Crippen LogP) is 4.02. The Kier molecular flexibility index (Phi) is 18.7. The molecule has 2 aliphatic heterocycles. The second-order valence-electron chi connectivity index (χ2n) is 19.5. The maximum atomic E-state index is 14.3. The topological polar surface area (TPSA) is 218 Å². The van der Waals surface area contributed by atoms with Crippen LogP contribution in [0, 0.1) is 11.3 Å². The van der Waals surface area contributed by atoms with Gasteiger partial charge in [0.05, 0.1) is 6.04 Å². The zero-order valence-electron chi connectivity index (χ0n) is 39.4. The molecule has 5 atom stereocenters. The molecule has 15 nitrogen and oxygen atoms in total. The second kappa shape index (κ2) is 24.1. The lowest BCUT2D eigenvalue weighted by Crippen LogP contribution is -2.66. The molecular weight excluding hydrogens is 837 g/mol. The number of carbonyl (C=O) groups is 6. The first kappa shape index (κ1) is 51.2. The van der Waals surface area contributed by atoms with Gasteiger partial charge in [0.1, 0.15) is 29.8 Å². The number of alkyl carbamates (subject to hydrolysis) is 1. The van der Waals surface area contributed by atoms with E-state index < -0.39 is 59.6 Å². The van der Waals surface area contributed by atoms with E-state index in [1.54, 1.807) is 30.6 Å². The molecule has 2 fully saturated rings. The molecule has 0 radical (unpaired) electrons. The molecule has 0 bridgehead atoms. The molecule has 3 aromatic rings. The van der Waals surface area contributed by atoms with Gasteiger partial charge in [-0.2, -0.15) is 0 Å². The van der Waals surface area contributed by atoms with Gasteiger partial charge in [0, 0.05) is 44.4 Å². The summed E-state index contributed by atoms with van der Waals surface area (Å²) in [4.78, 5) is 86.3. The smallest absolute Gasteiger partial charge is 0.408 e. The molecule has 1 spiro atoms. The van der Waals surface area contributed by atoms with Crippen LogP contribution in [-0.4, -0.2) is 114 Å². The summed E-state index contributed by atoms with van der Waals surface area (Å²) < 4.78 is 5.49.